The second kappa shape index (κ2) is 6.09. The number of phenols is 1. The Labute approximate surface area is 115 Å². The van der Waals surface area contributed by atoms with Crippen LogP contribution in [0, 0.1) is 0 Å². The number of nitrogens with two attached hydrogens (primary N) is 1. The molecule has 1 aromatic heterocycles. The van der Waals surface area contributed by atoms with Gasteiger partial charge >= 0.3 is 0 Å². The molecule has 96 valence electrons. The van der Waals surface area contributed by atoms with Crippen molar-refractivity contribution >= 4 is 22.9 Å². The van der Waals surface area contributed by atoms with Crippen molar-refractivity contribution in [2.45, 2.75) is 5.92 Å². The Balaban J connectivity index is 1.97. The number of thiophene rings is 1. The molecule has 0 fully saturated rings. The van der Waals surface area contributed by atoms with Crippen LogP contribution in [0.2, 0.25) is 4.34 Å². The van der Waals surface area contributed by atoms with Crippen molar-refractivity contribution in [2.24, 2.45) is 5.73 Å². The van der Waals surface area contributed by atoms with E-state index >= 15 is 0 Å². The summed E-state index contributed by atoms with van der Waals surface area (Å²) in [5, 5.41) is 9.17. The summed E-state index contributed by atoms with van der Waals surface area (Å²) in [6, 6.07) is 10.5. The minimum absolute atomic E-state index is 0.135. The highest BCUT2D eigenvalue weighted by molar-refractivity contribution is 7.16. The lowest BCUT2D eigenvalue weighted by Gasteiger charge is -2.14. The number of hydrogen-bond donors (Lipinski definition) is 2. The normalized spacial score (nSPS) is 12.3. The third kappa shape index (κ3) is 3.38. The van der Waals surface area contributed by atoms with E-state index in [1.807, 2.05) is 12.1 Å². The van der Waals surface area contributed by atoms with E-state index < -0.39 is 0 Å². The molecular formula is C13H14ClNO2S. The molecule has 0 aliphatic carbocycles. The Morgan fingerprint density at radius 1 is 1.22 bits per heavy atom. The summed E-state index contributed by atoms with van der Waals surface area (Å²) in [7, 11) is 0. The molecule has 2 rings (SSSR count). The van der Waals surface area contributed by atoms with Gasteiger partial charge in [-0.15, -0.1) is 11.3 Å². The van der Waals surface area contributed by atoms with Crippen LogP contribution >= 0.6 is 22.9 Å². The van der Waals surface area contributed by atoms with Crippen molar-refractivity contribution in [2.75, 3.05) is 13.2 Å². The van der Waals surface area contributed by atoms with Gasteiger partial charge in [-0.2, -0.15) is 0 Å². The van der Waals surface area contributed by atoms with E-state index in [0.29, 0.717) is 18.9 Å². The molecule has 5 heteroatoms. The van der Waals surface area contributed by atoms with Crippen molar-refractivity contribution in [3.8, 4) is 11.5 Å². The fraction of sp³-hybridized carbons (Fsp3) is 0.231. The molecule has 1 atom stereocenters. The first-order valence-electron chi connectivity index (χ1n) is 5.56. The van der Waals surface area contributed by atoms with E-state index in [-0.39, 0.29) is 11.7 Å². The summed E-state index contributed by atoms with van der Waals surface area (Å²) in [5.74, 6) is 1.08. The van der Waals surface area contributed by atoms with E-state index in [1.54, 1.807) is 24.3 Å². The van der Waals surface area contributed by atoms with Crippen molar-refractivity contribution in [1.82, 2.24) is 0 Å². The monoisotopic (exact) mass is 283 g/mol. The topological polar surface area (TPSA) is 55.5 Å². The zero-order valence-corrected chi connectivity index (χ0v) is 11.2. The number of halogens is 1. The fourth-order valence-electron chi connectivity index (χ4n) is 1.55. The number of phenolic OH excluding ortho intramolecular Hbond substituents is 1. The van der Waals surface area contributed by atoms with Gasteiger partial charge in [0.1, 0.15) is 11.5 Å². The summed E-state index contributed by atoms with van der Waals surface area (Å²) >= 11 is 7.43. The number of aromatic hydroxyl groups is 1. The van der Waals surface area contributed by atoms with Gasteiger partial charge in [0.25, 0.3) is 0 Å². The number of ether oxygens (including phenoxy) is 1. The van der Waals surface area contributed by atoms with Crippen LogP contribution in [-0.4, -0.2) is 18.3 Å². The molecule has 1 unspecified atom stereocenters. The smallest absolute Gasteiger partial charge is 0.119 e. The molecule has 0 saturated carbocycles. The highest BCUT2D eigenvalue weighted by atomic mass is 35.5. The maximum Gasteiger partial charge on any atom is 0.119 e. The van der Waals surface area contributed by atoms with Crippen LogP contribution in [0.1, 0.15) is 10.8 Å². The Bertz CT molecular complexity index is 498. The van der Waals surface area contributed by atoms with Crippen LogP contribution in [0.5, 0.6) is 11.5 Å². The molecule has 3 nitrogen and oxygen atoms in total. The van der Waals surface area contributed by atoms with Crippen molar-refractivity contribution in [3.63, 3.8) is 0 Å². The first-order valence-corrected chi connectivity index (χ1v) is 6.75. The minimum atomic E-state index is 0.135. The summed E-state index contributed by atoms with van der Waals surface area (Å²) < 4.78 is 6.41. The van der Waals surface area contributed by atoms with Crippen molar-refractivity contribution in [1.29, 1.82) is 0 Å². The molecule has 3 N–H and O–H groups in total. The molecule has 1 heterocycles. The van der Waals surface area contributed by atoms with Crippen LogP contribution < -0.4 is 10.5 Å². The van der Waals surface area contributed by atoms with Crippen LogP contribution in [0.15, 0.2) is 36.4 Å². The van der Waals surface area contributed by atoms with Gasteiger partial charge in [0, 0.05) is 17.3 Å². The SMILES string of the molecule is NCC(COc1ccc(O)cc1)c1ccc(Cl)s1. The molecule has 0 aliphatic rings. The Hall–Kier alpha value is -1.23. The molecule has 1 aromatic carbocycles. The second-order valence-corrected chi connectivity index (χ2v) is 5.63. The largest absolute Gasteiger partial charge is 0.508 e. The molecule has 0 saturated heterocycles. The first-order chi connectivity index (χ1) is 8.69. The fourth-order valence-corrected chi connectivity index (χ4v) is 2.71. The summed E-state index contributed by atoms with van der Waals surface area (Å²) in [4.78, 5) is 1.13. The molecule has 0 spiro atoms. The van der Waals surface area contributed by atoms with Gasteiger partial charge in [0.15, 0.2) is 0 Å². The molecule has 0 aliphatic heterocycles. The van der Waals surface area contributed by atoms with Gasteiger partial charge < -0.3 is 15.6 Å². The van der Waals surface area contributed by atoms with E-state index in [9.17, 15) is 5.11 Å². The van der Waals surface area contributed by atoms with Gasteiger partial charge in [-0.1, -0.05) is 11.6 Å². The minimum Gasteiger partial charge on any atom is -0.508 e. The quantitative estimate of drug-likeness (QED) is 0.886. The average Bonchev–Trinajstić information content (AvgIpc) is 2.79. The summed E-state index contributed by atoms with van der Waals surface area (Å²) in [5.41, 5.74) is 5.75. The van der Waals surface area contributed by atoms with Crippen molar-refractivity contribution in [3.05, 3.63) is 45.6 Å². The predicted octanol–water partition coefficient (Wildman–Crippen LogP) is 3.23. The highest BCUT2D eigenvalue weighted by Gasteiger charge is 2.13. The lowest BCUT2D eigenvalue weighted by molar-refractivity contribution is 0.291. The van der Waals surface area contributed by atoms with Gasteiger partial charge in [-0.25, -0.2) is 0 Å². The van der Waals surface area contributed by atoms with E-state index in [1.165, 1.54) is 11.3 Å². The van der Waals surface area contributed by atoms with E-state index in [0.717, 1.165) is 9.21 Å². The second-order valence-electron chi connectivity index (χ2n) is 3.88. The molecular weight excluding hydrogens is 270 g/mol. The predicted molar refractivity (Wildman–Crippen MR) is 74.7 cm³/mol. The van der Waals surface area contributed by atoms with E-state index in [4.69, 9.17) is 22.1 Å². The Kier molecular flexibility index (Phi) is 4.47. The van der Waals surface area contributed by atoms with Crippen LogP contribution in [-0.2, 0) is 0 Å². The third-order valence-corrected chi connectivity index (χ3v) is 3.96. The number of benzene rings is 1. The van der Waals surface area contributed by atoms with Crippen molar-refractivity contribution < 1.29 is 9.84 Å². The van der Waals surface area contributed by atoms with Crippen LogP contribution in [0.25, 0.3) is 0 Å². The van der Waals surface area contributed by atoms with Gasteiger partial charge in [0.2, 0.25) is 0 Å². The first kappa shape index (κ1) is 13.2. The number of rotatable bonds is 5. The highest BCUT2D eigenvalue weighted by Crippen LogP contribution is 2.28. The molecule has 18 heavy (non-hydrogen) atoms. The molecule has 0 bridgehead atoms. The van der Waals surface area contributed by atoms with Gasteiger partial charge in [0.05, 0.1) is 10.9 Å². The lowest BCUT2D eigenvalue weighted by atomic mass is 10.1. The number of hydrogen-bond acceptors (Lipinski definition) is 4. The summed E-state index contributed by atoms with van der Waals surface area (Å²) in [6.45, 7) is 1.01. The van der Waals surface area contributed by atoms with E-state index in [2.05, 4.69) is 0 Å². The Morgan fingerprint density at radius 2 is 1.94 bits per heavy atom. The average molecular weight is 284 g/mol. The standard InChI is InChI=1S/C13H14ClNO2S/c14-13-6-5-12(18-13)9(7-15)8-17-11-3-1-10(16)2-4-11/h1-6,9,16H,7-8,15H2. The van der Waals surface area contributed by atoms with Crippen LogP contribution in [0.4, 0.5) is 0 Å². The molecule has 2 aromatic rings. The lowest BCUT2D eigenvalue weighted by Crippen LogP contribution is -2.18. The summed E-state index contributed by atoms with van der Waals surface area (Å²) in [6.07, 6.45) is 0. The Morgan fingerprint density at radius 3 is 2.50 bits per heavy atom. The zero-order valence-electron chi connectivity index (χ0n) is 9.67. The van der Waals surface area contributed by atoms with Gasteiger partial charge in [-0.05, 0) is 36.4 Å². The van der Waals surface area contributed by atoms with Crippen LogP contribution in [0.3, 0.4) is 0 Å². The maximum absolute atomic E-state index is 9.17. The zero-order chi connectivity index (χ0) is 13.0. The third-order valence-electron chi connectivity index (χ3n) is 2.57. The molecule has 0 amide bonds. The maximum atomic E-state index is 9.17. The van der Waals surface area contributed by atoms with Gasteiger partial charge in [-0.3, -0.25) is 0 Å². The molecule has 0 radical (unpaired) electrons.